The van der Waals surface area contributed by atoms with E-state index in [4.69, 9.17) is 10.5 Å². The molecule has 2 atom stereocenters. The molecule has 2 unspecified atom stereocenters. The maximum Gasteiger partial charge on any atom is 0.254 e. The van der Waals surface area contributed by atoms with Gasteiger partial charge in [0.15, 0.2) is 0 Å². The second-order valence-corrected chi connectivity index (χ2v) is 5.26. The van der Waals surface area contributed by atoms with Crippen molar-refractivity contribution in [2.45, 2.75) is 19.1 Å². The maximum absolute atomic E-state index is 12.7. The molecule has 106 valence electrons. The van der Waals surface area contributed by atoms with Gasteiger partial charge in [0.25, 0.3) is 5.91 Å². The fourth-order valence-corrected chi connectivity index (χ4v) is 2.62. The number of nitrogens with zero attached hydrogens (tertiary/aromatic N) is 1. The third-order valence-corrected chi connectivity index (χ3v) is 3.79. The smallest absolute Gasteiger partial charge is 0.254 e. The molecular formula is C15H19N3O2. The first-order valence-electron chi connectivity index (χ1n) is 6.89. The fourth-order valence-electron chi connectivity index (χ4n) is 2.62. The number of nitrogens with one attached hydrogen (secondary N) is 1. The minimum absolute atomic E-state index is 0.0455. The van der Waals surface area contributed by atoms with Gasteiger partial charge in [-0.2, -0.15) is 0 Å². The summed E-state index contributed by atoms with van der Waals surface area (Å²) in [5.41, 5.74) is 7.58. The van der Waals surface area contributed by atoms with Crippen LogP contribution in [0.3, 0.4) is 0 Å². The Balaban J connectivity index is 1.87. The van der Waals surface area contributed by atoms with Crippen LogP contribution >= 0.6 is 0 Å². The molecule has 1 amide bonds. The number of aromatic amines is 1. The average Bonchev–Trinajstić information content (AvgIpc) is 2.95. The zero-order valence-corrected chi connectivity index (χ0v) is 11.5. The Morgan fingerprint density at radius 1 is 1.50 bits per heavy atom. The van der Waals surface area contributed by atoms with Gasteiger partial charge < -0.3 is 20.4 Å². The van der Waals surface area contributed by atoms with Crippen LogP contribution in [-0.4, -0.2) is 47.6 Å². The predicted octanol–water partition coefficient (Wildman–Crippen LogP) is 1.36. The molecule has 0 radical (unpaired) electrons. The molecule has 0 aliphatic carbocycles. The summed E-state index contributed by atoms with van der Waals surface area (Å²) in [5, 5.41) is 0.960. The van der Waals surface area contributed by atoms with Crippen LogP contribution in [0.1, 0.15) is 17.3 Å². The number of nitrogens with two attached hydrogens (primary N) is 1. The van der Waals surface area contributed by atoms with E-state index < -0.39 is 0 Å². The number of ether oxygens (including phenoxy) is 1. The van der Waals surface area contributed by atoms with Crippen molar-refractivity contribution >= 4 is 16.8 Å². The highest BCUT2D eigenvalue weighted by Crippen LogP contribution is 2.20. The number of fused-ring (bicyclic) bond motifs is 1. The average molecular weight is 273 g/mol. The summed E-state index contributed by atoms with van der Waals surface area (Å²) >= 11 is 0. The number of H-pyrrole nitrogens is 1. The second-order valence-electron chi connectivity index (χ2n) is 5.26. The monoisotopic (exact) mass is 273 g/mol. The van der Waals surface area contributed by atoms with E-state index in [-0.39, 0.29) is 18.1 Å². The summed E-state index contributed by atoms with van der Waals surface area (Å²) < 4.78 is 5.60. The van der Waals surface area contributed by atoms with E-state index in [1.165, 1.54) is 0 Å². The molecule has 1 aliphatic rings. The number of rotatable bonds is 2. The van der Waals surface area contributed by atoms with Crippen LogP contribution in [0.5, 0.6) is 0 Å². The van der Waals surface area contributed by atoms with Crippen molar-refractivity contribution in [3.8, 4) is 0 Å². The van der Waals surface area contributed by atoms with Gasteiger partial charge in [0, 0.05) is 41.8 Å². The van der Waals surface area contributed by atoms with E-state index in [1.54, 1.807) is 0 Å². The number of morpholine rings is 1. The molecule has 5 heteroatoms. The largest absolute Gasteiger partial charge is 0.373 e. The van der Waals surface area contributed by atoms with Crippen LogP contribution in [-0.2, 0) is 4.74 Å². The van der Waals surface area contributed by atoms with Crippen LogP contribution in [0.4, 0.5) is 0 Å². The van der Waals surface area contributed by atoms with E-state index in [0.29, 0.717) is 19.7 Å². The Morgan fingerprint density at radius 2 is 2.35 bits per heavy atom. The highest BCUT2D eigenvalue weighted by Gasteiger charge is 2.27. The van der Waals surface area contributed by atoms with Gasteiger partial charge >= 0.3 is 0 Å². The molecular weight excluding hydrogens is 254 g/mol. The highest BCUT2D eigenvalue weighted by molar-refractivity contribution is 6.06. The highest BCUT2D eigenvalue weighted by atomic mass is 16.5. The first-order valence-corrected chi connectivity index (χ1v) is 6.89. The van der Waals surface area contributed by atoms with E-state index in [0.717, 1.165) is 16.5 Å². The van der Waals surface area contributed by atoms with Crippen molar-refractivity contribution in [2.75, 3.05) is 19.7 Å². The quantitative estimate of drug-likeness (QED) is 0.867. The molecule has 0 spiro atoms. The zero-order chi connectivity index (χ0) is 14.1. The normalized spacial score (nSPS) is 21.1. The van der Waals surface area contributed by atoms with Crippen molar-refractivity contribution in [2.24, 2.45) is 5.73 Å². The predicted molar refractivity (Wildman–Crippen MR) is 77.6 cm³/mol. The van der Waals surface area contributed by atoms with Gasteiger partial charge in [-0.25, -0.2) is 0 Å². The Bertz CT molecular complexity index is 620. The number of carbonyl (C=O) groups excluding carboxylic acids is 1. The first kappa shape index (κ1) is 13.1. The minimum Gasteiger partial charge on any atom is -0.373 e. The summed E-state index contributed by atoms with van der Waals surface area (Å²) in [6, 6.07) is 7.60. The lowest BCUT2D eigenvalue weighted by molar-refractivity contribution is -0.0299. The summed E-state index contributed by atoms with van der Waals surface area (Å²) in [6.07, 6.45) is 1.77. The van der Waals surface area contributed by atoms with Gasteiger partial charge in [0.05, 0.1) is 12.7 Å². The molecule has 1 aromatic carbocycles. The number of carbonyl (C=O) groups is 1. The summed E-state index contributed by atoms with van der Waals surface area (Å²) in [5.74, 6) is 0.0455. The molecule has 2 aromatic rings. The number of hydrogen-bond acceptors (Lipinski definition) is 3. The van der Waals surface area contributed by atoms with Crippen LogP contribution in [0.25, 0.3) is 10.9 Å². The minimum atomic E-state index is -0.0851. The Morgan fingerprint density at radius 3 is 3.15 bits per heavy atom. The number of aromatic nitrogens is 1. The Kier molecular flexibility index (Phi) is 3.46. The van der Waals surface area contributed by atoms with E-state index in [9.17, 15) is 4.79 Å². The lowest BCUT2D eigenvalue weighted by atomic mass is 10.1. The number of amides is 1. The molecule has 1 aromatic heterocycles. The van der Waals surface area contributed by atoms with Crippen LogP contribution < -0.4 is 5.73 Å². The third kappa shape index (κ3) is 2.30. The van der Waals surface area contributed by atoms with Crippen molar-refractivity contribution in [1.82, 2.24) is 9.88 Å². The Hall–Kier alpha value is -1.85. The van der Waals surface area contributed by atoms with Crippen LogP contribution in [0.2, 0.25) is 0 Å². The lowest BCUT2D eigenvalue weighted by Crippen LogP contribution is -2.51. The van der Waals surface area contributed by atoms with Crippen LogP contribution in [0.15, 0.2) is 30.5 Å². The van der Waals surface area contributed by atoms with Gasteiger partial charge in [0.1, 0.15) is 0 Å². The van der Waals surface area contributed by atoms with Gasteiger partial charge in [0.2, 0.25) is 0 Å². The molecule has 0 saturated carbocycles. The van der Waals surface area contributed by atoms with Gasteiger partial charge in [-0.1, -0.05) is 6.07 Å². The van der Waals surface area contributed by atoms with Gasteiger partial charge in [-0.3, -0.25) is 4.79 Å². The Labute approximate surface area is 117 Å². The molecule has 1 fully saturated rings. The first-order chi connectivity index (χ1) is 9.66. The summed E-state index contributed by atoms with van der Waals surface area (Å²) in [6.45, 7) is 3.62. The molecule has 20 heavy (non-hydrogen) atoms. The van der Waals surface area contributed by atoms with Gasteiger partial charge in [-0.15, -0.1) is 0 Å². The SMILES string of the molecule is CC(N)C1CN(C(=O)c2cccc3[nH]ccc23)CCO1. The summed E-state index contributed by atoms with van der Waals surface area (Å²) in [7, 11) is 0. The number of hydrogen-bond donors (Lipinski definition) is 2. The zero-order valence-electron chi connectivity index (χ0n) is 11.5. The molecule has 1 saturated heterocycles. The van der Waals surface area contributed by atoms with Gasteiger partial charge in [-0.05, 0) is 25.1 Å². The lowest BCUT2D eigenvalue weighted by Gasteiger charge is -2.34. The van der Waals surface area contributed by atoms with E-state index >= 15 is 0 Å². The van der Waals surface area contributed by atoms with Crippen molar-refractivity contribution in [1.29, 1.82) is 0 Å². The molecule has 3 rings (SSSR count). The van der Waals surface area contributed by atoms with Crippen LogP contribution in [0, 0.1) is 0 Å². The fraction of sp³-hybridized carbons (Fsp3) is 0.400. The number of benzene rings is 1. The maximum atomic E-state index is 12.7. The molecule has 0 bridgehead atoms. The van der Waals surface area contributed by atoms with E-state index in [1.807, 2.05) is 42.3 Å². The topological polar surface area (TPSA) is 71.3 Å². The third-order valence-electron chi connectivity index (χ3n) is 3.79. The van der Waals surface area contributed by atoms with Crippen molar-refractivity contribution < 1.29 is 9.53 Å². The molecule has 3 N–H and O–H groups in total. The molecule has 1 aliphatic heterocycles. The summed E-state index contributed by atoms with van der Waals surface area (Å²) in [4.78, 5) is 17.7. The van der Waals surface area contributed by atoms with E-state index in [2.05, 4.69) is 4.98 Å². The standard InChI is InChI=1S/C15H19N3O2/c1-10(16)14-9-18(7-8-20-14)15(19)12-3-2-4-13-11(12)5-6-17-13/h2-6,10,14,17H,7-9,16H2,1H3. The molecule has 5 nitrogen and oxygen atoms in total. The van der Waals surface area contributed by atoms with Crippen molar-refractivity contribution in [3.63, 3.8) is 0 Å². The van der Waals surface area contributed by atoms with Crippen molar-refractivity contribution in [3.05, 3.63) is 36.0 Å². The molecule has 2 heterocycles. The second kappa shape index (κ2) is 5.26.